The van der Waals surface area contributed by atoms with Crippen LogP contribution in [-0.2, 0) is 15.0 Å². The lowest BCUT2D eigenvalue weighted by atomic mass is 9.79. The highest BCUT2D eigenvalue weighted by molar-refractivity contribution is 7.86. The van der Waals surface area contributed by atoms with Gasteiger partial charge in [-0.25, -0.2) is 4.79 Å². The topological polar surface area (TPSA) is 156 Å². The van der Waals surface area contributed by atoms with Crippen molar-refractivity contribution >= 4 is 23.3 Å². The van der Waals surface area contributed by atoms with Gasteiger partial charge in [-0.3, -0.25) is 0 Å². The maximum absolute atomic E-state index is 12.9. The van der Waals surface area contributed by atoms with E-state index >= 15 is 0 Å². The molecular weight excluding hydrogens is 363 g/mol. The summed E-state index contributed by atoms with van der Waals surface area (Å²) in [6.45, 7) is 1.89. The molecule has 2 saturated heterocycles. The molecule has 2 heterocycles. The molecule has 0 unspecified atom stereocenters. The van der Waals surface area contributed by atoms with E-state index in [1.807, 2.05) is 5.92 Å². The first kappa shape index (κ1) is 21.1. The summed E-state index contributed by atoms with van der Waals surface area (Å²) in [4.78, 5) is 10.8. The average Bonchev–Trinajstić information content (AvgIpc) is 2.92. The van der Waals surface area contributed by atoms with Crippen LogP contribution in [0.2, 0.25) is 6.32 Å². The third-order valence-electron chi connectivity index (χ3n) is 4.74. The molecular formula is C14H25BN4O6S. The summed E-state index contributed by atoms with van der Waals surface area (Å²) in [5.74, 6) is 2.80. The maximum atomic E-state index is 12.9. The van der Waals surface area contributed by atoms with Gasteiger partial charge in [0.2, 0.25) is 0 Å². The first-order valence-corrected chi connectivity index (χ1v) is 9.92. The molecule has 0 amide bonds. The van der Waals surface area contributed by atoms with Crippen molar-refractivity contribution < 1.29 is 28.4 Å². The van der Waals surface area contributed by atoms with Crippen LogP contribution in [-0.4, -0.2) is 90.1 Å². The number of rotatable bonds is 6. The predicted octanol–water partition coefficient (Wildman–Crippen LogP) is -2.89. The molecule has 0 saturated carbocycles. The lowest BCUT2D eigenvalue weighted by Crippen LogP contribution is -2.52. The van der Waals surface area contributed by atoms with Gasteiger partial charge < -0.3 is 26.2 Å². The lowest BCUT2D eigenvalue weighted by Gasteiger charge is -2.30. The molecule has 2 rings (SSSR count). The van der Waals surface area contributed by atoms with Crippen LogP contribution in [0, 0.1) is 17.8 Å². The van der Waals surface area contributed by atoms with Gasteiger partial charge in [-0.05, 0) is 12.7 Å². The van der Waals surface area contributed by atoms with Crippen molar-refractivity contribution in [2.75, 3.05) is 39.3 Å². The van der Waals surface area contributed by atoms with Gasteiger partial charge in [0.1, 0.15) is 0 Å². The second-order valence-electron chi connectivity index (χ2n) is 6.65. The van der Waals surface area contributed by atoms with Gasteiger partial charge in [-0.15, -0.1) is 0 Å². The number of carbonyl (C=O) groups is 1. The molecule has 0 aromatic heterocycles. The predicted molar refractivity (Wildman–Crippen MR) is 95.0 cm³/mol. The summed E-state index contributed by atoms with van der Waals surface area (Å²) in [6, 6.07) is 0. The van der Waals surface area contributed by atoms with E-state index in [0.717, 1.165) is 0 Å². The largest absolute Gasteiger partial charge is 0.472 e. The third kappa shape index (κ3) is 5.17. The van der Waals surface area contributed by atoms with E-state index in [1.165, 1.54) is 8.61 Å². The normalized spacial score (nSPS) is 27.7. The second-order valence-corrected chi connectivity index (χ2v) is 8.58. The Hall–Kier alpha value is -1.20. The van der Waals surface area contributed by atoms with Crippen LogP contribution in [0.3, 0.4) is 0 Å². The molecule has 10 nitrogen and oxygen atoms in total. The Labute approximate surface area is 153 Å². The van der Waals surface area contributed by atoms with Gasteiger partial charge in [-0.1, -0.05) is 12.3 Å². The number of aliphatic carboxylic acids is 1. The summed E-state index contributed by atoms with van der Waals surface area (Å²) in [5, 5.41) is 29.9. The molecule has 6 N–H and O–H groups in total. The van der Waals surface area contributed by atoms with Crippen LogP contribution in [0.25, 0.3) is 0 Å². The Morgan fingerprint density at radius 1 is 1.31 bits per heavy atom. The summed E-state index contributed by atoms with van der Waals surface area (Å²) < 4.78 is 28.4. The molecule has 0 radical (unpaired) electrons. The number of nitrogens with two attached hydrogens (primary N) is 1. The molecule has 0 spiro atoms. The van der Waals surface area contributed by atoms with Gasteiger partial charge in [0, 0.05) is 51.1 Å². The molecule has 2 atom stereocenters. The van der Waals surface area contributed by atoms with E-state index in [-0.39, 0.29) is 19.4 Å². The summed E-state index contributed by atoms with van der Waals surface area (Å²) >= 11 is 0. The fourth-order valence-corrected chi connectivity index (χ4v) is 5.03. The van der Waals surface area contributed by atoms with E-state index in [2.05, 4.69) is 11.2 Å². The van der Waals surface area contributed by atoms with Crippen molar-refractivity contribution in [2.24, 2.45) is 11.7 Å². The number of carboxylic acid groups (broad SMARTS) is 1. The van der Waals surface area contributed by atoms with E-state index in [1.54, 1.807) is 0 Å². The van der Waals surface area contributed by atoms with Gasteiger partial charge in [0.05, 0.1) is 5.54 Å². The highest BCUT2D eigenvalue weighted by Crippen LogP contribution is 2.32. The Balaban J connectivity index is 2.17. The van der Waals surface area contributed by atoms with E-state index in [4.69, 9.17) is 20.9 Å². The molecule has 0 bridgehead atoms. The van der Waals surface area contributed by atoms with Crippen LogP contribution in [0.4, 0.5) is 0 Å². The average molecular weight is 388 g/mol. The van der Waals surface area contributed by atoms with E-state index in [9.17, 15) is 13.2 Å². The van der Waals surface area contributed by atoms with Crippen molar-refractivity contribution in [3.8, 4) is 11.8 Å². The number of nitrogens with zero attached hydrogens (tertiary/aromatic N) is 2. The zero-order valence-corrected chi connectivity index (χ0v) is 15.3. The third-order valence-corrected chi connectivity index (χ3v) is 6.68. The van der Waals surface area contributed by atoms with Gasteiger partial charge in [-0.2, -0.15) is 17.0 Å². The Kier molecular flexibility index (Phi) is 7.03. The second kappa shape index (κ2) is 8.66. The van der Waals surface area contributed by atoms with Crippen LogP contribution >= 0.6 is 0 Å². The van der Waals surface area contributed by atoms with Crippen molar-refractivity contribution in [1.29, 1.82) is 0 Å². The molecule has 146 valence electrons. The molecule has 2 aliphatic heterocycles. The number of nitrogens with one attached hydrogen (secondary N) is 1. The minimum atomic E-state index is -3.71. The standard InChI is InChI=1S/C14H25BN4O6S/c16-14(4-3-13(20)21)11-19(10-12(14)2-1-5-15(22)23)26(24,25)18-8-6-17-7-9-18/h12,17,22-23H,1-2,5-11,16H2,(H,20,21)/t12-,14-/m0/s1. The van der Waals surface area contributed by atoms with Crippen molar-refractivity contribution in [3.63, 3.8) is 0 Å². The monoisotopic (exact) mass is 388 g/mol. The molecule has 12 heteroatoms. The number of carboxylic acids is 1. The van der Waals surface area contributed by atoms with Gasteiger partial charge >= 0.3 is 13.1 Å². The summed E-state index contributed by atoms with van der Waals surface area (Å²) in [6.07, 6.45) is 0.955. The fraction of sp³-hybridized carbons (Fsp3) is 0.786. The van der Waals surface area contributed by atoms with Crippen molar-refractivity contribution in [2.45, 2.75) is 24.7 Å². The highest BCUT2D eigenvalue weighted by Gasteiger charge is 2.48. The molecule has 0 aliphatic carbocycles. The van der Waals surface area contributed by atoms with Crippen LogP contribution in [0.1, 0.15) is 12.8 Å². The number of hydrogen-bond donors (Lipinski definition) is 5. The summed E-state index contributed by atoms with van der Waals surface area (Å²) in [5.41, 5.74) is 4.99. The van der Waals surface area contributed by atoms with Crippen molar-refractivity contribution in [3.05, 3.63) is 0 Å². The quantitative estimate of drug-likeness (QED) is 0.240. The van der Waals surface area contributed by atoms with Crippen LogP contribution < -0.4 is 11.1 Å². The molecule has 0 aromatic carbocycles. The van der Waals surface area contributed by atoms with Crippen LogP contribution in [0.5, 0.6) is 0 Å². The molecule has 26 heavy (non-hydrogen) atoms. The molecule has 2 fully saturated rings. The minimum absolute atomic E-state index is 0.0914. The fourth-order valence-electron chi connectivity index (χ4n) is 3.32. The molecule has 2 aliphatic rings. The minimum Gasteiger partial charge on any atom is -0.472 e. The Morgan fingerprint density at radius 2 is 1.96 bits per heavy atom. The summed E-state index contributed by atoms with van der Waals surface area (Å²) in [7, 11) is -5.16. The zero-order valence-electron chi connectivity index (χ0n) is 14.5. The van der Waals surface area contributed by atoms with E-state index in [0.29, 0.717) is 39.0 Å². The SMILES string of the molecule is N[C@@]1(C#CC(=O)O)CN(S(=O)(=O)N2CCNCC2)C[C@@H]1CCCB(O)O. The molecule has 0 aromatic rings. The smallest absolute Gasteiger partial charge is 0.451 e. The Morgan fingerprint density at radius 3 is 2.54 bits per heavy atom. The van der Waals surface area contributed by atoms with Gasteiger partial charge in [0.25, 0.3) is 10.2 Å². The first-order valence-electron chi connectivity index (χ1n) is 8.52. The lowest BCUT2D eigenvalue weighted by molar-refractivity contribution is -0.130. The Bertz CT molecular complexity index is 673. The number of hydrogen-bond acceptors (Lipinski definition) is 7. The maximum Gasteiger partial charge on any atom is 0.451 e. The van der Waals surface area contributed by atoms with Crippen molar-refractivity contribution in [1.82, 2.24) is 13.9 Å². The highest BCUT2D eigenvalue weighted by atomic mass is 32.2. The zero-order chi connectivity index (χ0) is 19.4. The first-order chi connectivity index (χ1) is 12.1. The van der Waals surface area contributed by atoms with Gasteiger partial charge in [0.15, 0.2) is 0 Å². The van der Waals surface area contributed by atoms with E-state index < -0.39 is 34.8 Å². The number of piperazine rings is 1. The van der Waals surface area contributed by atoms with Crippen LogP contribution in [0.15, 0.2) is 0 Å².